The number of hydrogen-bond acceptors (Lipinski definition) is 5. The zero-order valence-corrected chi connectivity index (χ0v) is 18.6. The summed E-state index contributed by atoms with van der Waals surface area (Å²) in [5.41, 5.74) is 3.92. The number of benzene rings is 1. The summed E-state index contributed by atoms with van der Waals surface area (Å²) < 4.78 is 0. The van der Waals surface area contributed by atoms with Crippen LogP contribution in [0, 0.1) is 11.3 Å². The number of amides is 1. The topological polar surface area (TPSA) is 81.9 Å². The molecule has 1 saturated heterocycles. The molecule has 166 valence electrons. The lowest BCUT2D eigenvalue weighted by Crippen LogP contribution is -2.42. The number of allylic oxidation sites excluding steroid dienone is 2. The van der Waals surface area contributed by atoms with Crippen molar-refractivity contribution in [2.75, 3.05) is 18.4 Å². The van der Waals surface area contributed by atoms with Crippen LogP contribution in [0.5, 0.6) is 0 Å². The number of anilines is 1. The van der Waals surface area contributed by atoms with E-state index in [-0.39, 0.29) is 11.8 Å². The van der Waals surface area contributed by atoms with Crippen molar-refractivity contribution in [3.05, 3.63) is 77.9 Å². The summed E-state index contributed by atoms with van der Waals surface area (Å²) in [6.45, 7) is 1.46. The number of nitrogens with one attached hydrogen (secondary N) is 1. The molecule has 1 unspecified atom stereocenters. The van der Waals surface area contributed by atoms with E-state index in [4.69, 9.17) is 0 Å². The van der Waals surface area contributed by atoms with Crippen molar-refractivity contribution >= 4 is 22.4 Å². The molecule has 3 heterocycles. The van der Waals surface area contributed by atoms with E-state index in [9.17, 15) is 10.1 Å². The van der Waals surface area contributed by atoms with Gasteiger partial charge in [0.15, 0.2) is 0 Å². The van der Waals surface area contributed by atoms with E-state index >= 15 is 0 Å². The van der Waals surface area contributed by atoms with Crippen LogP contribution in [-0.2, 0) is 0 Å². The Morgan fingerprint density at radius 2 is 1.85 bits per heavy atom. The van der Waals surface area contributed by atoms with Gasteiger partial charge in [0.25, 0.3) is 5.91 Å². The quantitative estimate of drug-likeness (QED) is 0.617. The Bertz CT molecular complexity index is 1220. The Kier molecular flexibility index (Phi) is 6.03. The minimum atomic E-state index is 0.0740. The zero-order chi connectivity index (χ0) is 22.6. The summed E-state index contributed by atoms with van der Waals surface area (Å²) in [6, 6.07) is 12.7. The lowest BCUT2D eigenvalue weighted by atomic mass is 9.85. The fraction of sp³-hybridized carbons (Fsp3) is 0.333. The van der Waals surface area contributed by atoms with Crippen molar-refractivity contribution in [2.24, 2.45) is 0 Å². The van der Waals surface area contributed by atoms with Crippen LogP contribution in [0.1, 0.15) is 53.9 Å². The summed E-state index contributed by atoms with van der Waals surface area (Å²) in [7, 11) is 0. The molecule has 0 saturated carbocycles. The van der Waals surface area contributed by atoms with Crippen molar-refractivity contribution in [2.45, 2.75) is 44.1 Å². The van der Waals surface area contributed by atoms with Crippen LogP contribution < -0.4 is 5.32 Å². The van der Waals surface area contributed by atoms with Gasteiger partial charge in [-0.3, -0.25) is 14.8 Å². The van der Waals surface area contributed by atoms with Gasteiger partial charge in [-0.2, -0.15) is 5.26 Å². The van der Waals surface area contributed by atoms with Gasteiger partial charge in [0.2, 0.25) is 0 Å². The average molecular weight is 438 g/mol. The van der Waals surface area contributed by atoms with Crippen molar-refractivity contribution in [1.82, 2.24) is 14.9 Å². The van der Waals surface area contributed by atoms with Gasteiger partial charge in [-0.15, -0.1) is 0 Å². The molecular weight excluding hydrogens is 410 g/mol. The van der Waals surface area contributed by atoms with Crippen LogP contribution in [0.2, 0.25) is 0 Å². The van der Waals surface area contributed by atoms with Crippen molar-refractivity contribution in [3.8, 4) is 6.07 Å². The molecule has 6 heteroatoms. The summed E-state index contributed by atoms with van der Waals surface area (Å²) in [5.74, 6) is 0.344. The SMILES string of the molecule is N#CC1=CC(c2cc(NC3CCN(C(=O)c4ccncc4)CC3)c3cnccc3c2)CCC1. The number of hydrogen-bond donors (Lipinski definition) is 1. The predicted molar refractivity (Wildman–Crippen MR) is 129 cm³/mol. The Balaban J connectivity index is 1.34. The van der Waals surface area contributed by atoms with Gasteiger partial charge in [-0.1, -0.05) is 12.1 Å². The highest BCUT2D eigenvalue weighted by Crippen LogP contribution is 2.36. The third-order valence-electron chi connectivity index (χ3n) is 6.78. The standard InChI is InChI=1S/C27H27N5O/c28-17-19-2-1-3-21(14-19)23-15-22-6-11-30-18-25(22)26(16-23)31-24-7-12-32(13-8-24)27(33)20-4-9-29-10-5-20/h4-6,9-11,14-16,18,21,24,31H,1-3,7-8,12-13H2. The van der Waals surface area contributed by atoms with Crippen molar-refractivity contribution < 1.29 is 4.79 Å². The highest BCUT2D eigenvalue weighted by Gasteiger charge is 2.24. The van der Waals surface area contributed by atoms with Gasteiger partial charge < -0.3 is 10.2 Å². The zero-order valence-electron chi connectivity index (χ0n) is 18.6. The van der Waals surface area contributed by atoms with E-state index in [1.807, 2.05) is 17.3 Å². The first-order chi connectivity index (χ1) is 16.2. The highest BCUT2D eigenvalue weighted by atomic mass is 16.2. The number of nitrogens with zero attached hydrogens (tertiary/aromatic N) is 4. The number of aromatic nitrogens is 2. The lowest BCUT2D eigenvalue weighted by molar-refractivity contribution is 0.0718. The van der Waals surface area contributed by atoms with Gasteiger partial charge in [-0.25, -0.2) is 0 Å². The Labute approximate surface area is 194 Å². The fourth-order valence-electron chi connectivity index (χ4n) is 4.96. The Morgan fingerprint density at radius 3 is 2.64 bits per heavy atom. The minimum absolute atomic E-state index is 0.0740. The highest BCUT2D eigenvalue weighted by molar-refractivity contribution is 5.95. The van der Waals surface area contributed by atoms with Gasteiger partial charge in [0.05, 0.1) is 6.07 Å². The molecule has 2 aromatic heterocycles. The second kappa shape index (κ2) is 9.41. The summed E-state index contributed by atoms with van der Waals surface area (Å²) >= 11 is 0. The average Bonchev–Trinajstić information content (AvgIpc) is 2.89. The Morgan fingerprint density at radius 1 is 1.06 bits per heavy atom. The summed E-state index contributed by atoms with van der Waals surface area (Å²) in [5, 5.41) is 15.4. The first kappa shape index (κ1) is 21.1. The number of fused-ring (bicyclic) bond motifs is 1. The largest absolute Gasteiger partial charge is 0.382 e. The van der Waals surface area contributed by atoms with Crippen LogP contribution in [-0.4, -0.2) is 39.9 Å². The van der Waals surface area contributed by atoms with Crippen LogP contribution in [0.25, 0.3) is 10.8 Å². The maximum absolute atomic E-state index is 12.8. The molecule has 1 N–H and O–H groups in total. The molecule has 3 aromatic rings. The fourth-order valence-corrected chi connectivity index (χ4v) is 4.96. The molecule has 0 bridgehead atoms. The first-order valence-corrected chi connectivity index (χ1v) is 11.7. The Hall–Kier alpha value is -3.72. The summed E-state index contributed by atoms with van der Waals surface area (Å²) in [4.78, 5) is 23.0. The third-order valence-corrected chi connectivity index (χ3v) is 6.78. The van der Waals surface area contributed by atoms with Crippen LogP contribution in [0.3, 0.4) is 0 Å². The number of piperidine rings is 1. The second-order valence-corrected chi connectivity index (χ2v) is 8.91. The van der Waals surface area contributed by atoms with Gasteiger partial charge in [0.1, 0.15) is 0 Å². The van der Waals surface area contributed by atoms with E-state index in [0.29, 0.717) is 11.6 Å². The van der Waals surface area contributed by atoms with E-state index in [1.165, 1.54) is 5.56 Å². The maximum atomic E-state index is 12.8. The number of likely N-dealkylation sites (tertiary alicyclic amines) is 1. The molecular formula is C27H27N5O. The number of pyridine rings is 2. The van der Waals surface area contributed by atoms with E-state index in [0.717, 1.165) is 67.2 Å². The molecule has 1 aliphatic heterocycles. The summed E-state index contributed by atoms with van der Waals surface area (Å²) in [6.07, 6.45) is 14.0. The van der Waals surface area contributed by atoms with E-state index in [1.54, 1.807) is 24.5 Å². The first-order valence-electron chi connectivity index (χ1n) is 11.7. The van der Waals surface area contributed by atoms with Crippen molar-refractivity contribution in [3.63, 3.8) is 0 Å². The molecule has 1 aliphatic carbocycles. The van der Waals surface area contributed by atoms with Gasteiger partial charge >= 0.3 is 0 Å². The van der Waals surface area contributed by atoms with Crippen LogP contribution >= 0.6 is 0 Å². The van der Waals surface area contributed by atoms with Crippen molar-refractivity contribution in [1.29, 1.82) is 5.26 Å². The molecule has 2 aliphatic rings. The van der Waals surface area contributed by atoms with E-state index < -0.39 is 0 Å². The van der Waals surface area contributed by atoms with Crippen LogP contribution in [0.15, 0.2) is 66.8 Å². The predicted octanol–water partition coefficient (Wildman–Crippen LogP) is 5.06. The van der Waals surface area contributed by atoms with Gasteiger partial charge in [-0.05, 0) is 67.3 Å². The smallest absolute Gasteiger partial charge is 0.253 e. The molecule has 0 radical (unpaired) electrons. The normalized spacial score (nSPS) is 19.1. The molecule has 5 rings (SSSR count). The molecule has 1 atom stereocenters. The lowest BCUT2D eigenvalue weighted by Gasteiger charge is -2.33. The van der Waals surface area contributed by atoms with Crippen LogP contribution in [0.4, 0.5) is 5.69 Å². The maximum Gasteiger partial charge on any atom is 0.253 e. The van der Waals surface area contributed by atoms with E-state index in [2.05, 4.69) is 45.6 Å². The third kappa shape index (κ3) is 4.58. The molecule has 33 heavy (non-hydrogen) atoms. The minimum Gasteiger partial charge on any atom is -0.382 e. The monoisotopic (exact) mass is 437 g/mol. The van der Waals surface area contributed by atoms with Gasteiger partial charge in [0, 0.05) is 72.0 Å². The number of nitriles is 1. The number of carbonyl (C=O) groups excluding carboxylic acids is 1. The molecule has 0 spiro atoms. The number of rotatable bonds is 4. The number of carbonyl (C=O) groups is 1. The molecule has 1 aromatic carbocycles. The second-order valence-electron chi connectivity index (χ2n) is 8.91. The molecule has 1 fully saturated rings. The molecule has 6 nitrogen and oxygen atoms in total. The molecule has 1 amide bonds.